The molecule has 0 saturated carbocycles. The van der Waals surface area contributed by atoms with Crippen LogP contribution in [0.5, 0.6) is 5.75 Å². The Labute approximate surface area is 124 Å². The third-order valence-electron chi connectivity index (χ3n) is 3.97. The summed E-state index contributed by atoms with van der Waals surface area (Å²) in [5.41, 5.74) is 3.65. The predicted octanol–water partition coefficient (Wildman–Crippen LogP) is 2.35. The molecule has 1 atom stereocenters. The number of fused-ring (bicyclic) bond motifs is 3. The number of carbonyl (C=O) groups is 1. The monoisotopic (exact) mass is 287 g/mol. The largest absolute Gasteiger partial charge is 0.497 e. The summed E-state index contributed by atoms with van der Waals surface area (Å²) in [6.07, 6.45) is 2.66. The van der Waals surface area contributed by atoms with Gasteiger partial charge in [0.25, 0.3) is 0 Å². The van der Waals surface area contributed by atoms with E-state index in [9.17, 15) is 4.79 Å². The summed E-state index contributed by atoms with van der Waals surface area (Å²) < 4.78 is 5.29. The van der Waals surface area contributed by atoms with Crippen molar-refractivity contribution in [2.45, 2.75) is 32.2 Å². The van der Waals surface area contributed by atoms with Crippen LogP contribution in [0.2, 0.25) is 0 Å². The highest BCUT2D eigenvalue weighted by Gasteiger charge is 2.26. The minimum atomic E-state index is -0.0751. The third-order valence-corrected chi connectivity index (χ3v) is 3.97. The smallest absolute Gasteiger partial charge is 0.315 e. The van der Waals surface area contributed by atoms with Gasteiger partial charge >= 0.3 is 6.03 Å². The minimum absolute atomic E-state index is 0.0751. The number of nitrogens with one attached hydrogen (secondary N) is 3. The van der Waals surface area contributed by atoms with Gasteiger partial charge in [0.2, 0.25) is 0 Å². The van der Waals surface area contributed by atoms with Crippen LogP contribution in [0.1, 0.15) is 24.6 Å². The summed E-state index contributed by atoms with van der Waals surface area (Å²) >= 11 is 0. The summed E-state index contributed by atoms with van der Waals surface area (Å²) in [5.74, 6) is 0.862. The van der Waals surface area contributed by atoms with Gasteiger partial charge in [-0.3, -0.25) is 0 Å². The van der Waals surface area contributed by atoms with E-state index in [0.717, 1.165) is 30.5 Å². The number of hydrogen-bond acceptors (Lipinski definition) is 2. The van der Waals surface area contributed by atoms with E-state index in [1.807, 2.05) is 19.1 Å². The van der Waals surface area contributed by atoms with Crippen molar-refractivity contribution in [2.24, 2.45) is 0 Å². The van der Waals surface area contributed by atoms with Gasteiger partial charge in [0, 0.05) is 35.6 Å². The minimum Gasteiger partial charge on any atom is -0.497 e. The second-order valence-electron chi connectivity index (χ2n) is 5.50. The Morgan fingerprint density at radius 1 is 1.43 bits per heavy atom. The zero-order valence-corrected chi connectivity index (χ0v) is 12.5. The molecule has 0 aliphatic heterocycles. The number of urea groups is 1. The number of carbonyl (C=O) groups excluding carboxylic acids is 1. The number of H-pyrrole nitrogens is 1. The first-order valence-electron chi connectivity index (χ1n) is 7.43. The Kier molecular flexibility index (Phi) is 3.73. The number of aromatic nitrogens is 1. The highest BCUT2D eigenvalue weighted by atomic mass is 16.5. The standard InChI is InChI=1S/C16H21N3O2/c1-3-6-17-16(20)18-10-7-12-13-9-11(21-2)4-5-14(13)19-15(12)8-10/h4-5,9-10,19H,3,6-8H2,1-2H3,(H2,17,18,20). The normalized spacial score (nSPS) is 16.8. The molecule has 112 valence electrons. The van der Waals surface area contributed by atoms with Gasteiger partial charge < -0.3 is 20.4 Å². The lowest BCUT2D eigenvalue weighted by Crippen LogP contribution is -2.42. The van der Waals surface area contributed by atoms with Crippen molar-refractivity contribution in [2.75, 3.05) is 13.7 Å². The molecule has 0 bridgehead atoms. The summed E-state index contributed by atoms with van der Waals surface area (Å²) in [4.78, 5) is 15.2. The van der Waals surface area contributed by atoms with Gasteiger partial charge in [-0.2, -0.15) is 0 Å². The van der Waals surface area contributed by atoms with Crippen molar-refractivity contribution in [3.63, 3.8) is 0 Å². The van der Waals surface area contributed by atoms with Crippen LogP contribution in [-0.4, -0.2) is 30.7 Å². The first-order chi connectivity index (χ1) is 10.2. The van der Waals surface area contributed by atoms with Crippen LogP contribution >= 0.6 is 0 Å². The first kappa shape index (κ1) is 13.8. The SMILES string of the molecule is CCCNC(=O)NC1Cc2[nH]c3ccc(OC)cc3c2C1. The molecule has 2 aromatic rings. The van der Waals surface area contributed by atoms with Gasteiger partial charge in [0.05, 0.1) is 7.11 Å². The van der Waals surface area contributed by atoms with Gasteiger partial charge in [0.1, 0.15) is 5.75 Å². The van der Waals surface area contributed by atoms with E-state index in [1.54, 1.807) is 7.11 Å². The van der Waals surface area contributed by atoms with E-state index in [4.69, 9.17) is 4.74 Å². The number of methoxy groups -OCH3 is 1. The van der Waals surface area contributed by atoms with Crippen molar-refractivity contribution >= 4 is 16.9 Å². The van der Waals surface area contributed by atoms with Gasteiger partial charge in [-0.15, -0.1) is 0 Å². The molecule has 2 amide bonds. The third kappa shape index (κ3) is 2.68. The van der Waals surface area contributed by atoms with Crippen molar-refractivity contribution in [3.8, 4) is 5.75 Å². The average Bonchev–Trinajstić information content (AvgIpc) is 3.01. The van der Waals surface area contributed by atoms with Gasteiger partial charge in [-0.25, -0.2) is 4.79 Å². The first-order valence-corrected chi connectivity index (χ1v) is 7.43. The maximum Gasteiger partial charge on any atom is 0.315 e. The molecule has 3 rings (SSSR count). The van der Waals surface area contributed by atoms with Crippen LogP contribution in [0, 0.1) is 0 Å². The van der Waals surface area contributed by atoms with E-state index in [1.165, 1.54) is 16.6 Å². The van der Waals surface area contributed by atoms with E-state index in [2.05, 4.69) is 21.7 Å². The second-order valence-corrected chi connectivity index (χ2v) is 5.50. The maximum atomic E-state index is 11.7. The lowest BCUT2D eigenvalue weighted by atomic mass is 10.1. The number of amides is 2. The Balaban J connectivity index is 1.74. The van der Waals surface area contributed by atoms with Crippen LogP contribution in [0.15, 0.2) is 18.2 Å². The Bertz CT molecular complexity index is 663. The molecule has 0 fully saturated rings. The van der Waals surface area contributed by atoms with E-state index >= 15 is 0 Å². The van der Waals surface area contributed by atoms with Crippen molar-refractivity contribution < 1.29 is 9.53 Å². The Morgan fingerprint density at radius 2 is 2.29 bits per heavy atom. The number of ether oxygens (including phenoxy) is 1. The fraction of sp³-hybridized carbons (Fsp3) is 0.438. The predicted molar refractivity (Wildman–Crippen MR) is 82.9 cm³/mol. The summed E-state index contributed by atoms with van der Waals surface area (Å²) in [6, 6.07) is 6.15. The molecule has 3 N–H and O–H groups in total. The van der Waals surface area contributed by atoms with Crippen molar-refractivity contribution in [1.29, 1.82) is 0 Å². The summed E-state index contributed by atoms with van der Waals surface area (Å²) in [7, 11) is 1.68. The highest BCUT2D eigenvalue weighted by Crippen LogP contribution is 2.32. The fourth-order valence-corrected chi connectivity index (χ4v) is 2.96. The van der Waals surface area contributed by atoms with Crippen molar-refractivity contribution in [3.05, 3.63) is 29.5 Å². The molecule has 1 aliphatic rings. The van der Waals surface area contributed by atoms with Gasteiger partial charge in [0.15, 0.2) is 0 Å². The average molecular weight is 287 g/mol. The number of rotatable bonds is 4. The lowest BCUT2D eigenvalue weighted by Gasteiger charge is -2.13. The fourth-order valence-electron chi connectivity index (χ4n) is 2.96. The molecule has 1 aromatic carbocycles. The molecule has 5 heteroatoms. The number of aromatic amines is 1. The molecule has 0 spiro atoms. The summed E-state index contributed by atoms with van der Waals surface area (Å²) in [6.45, 7) is 2.75. The quantitative estimate of drug-likeness (QED) is 0.808. The molecular weight excluding hydrogens is 266 g/mol. The highest BCUT2D eigenvalue weighted by molar-refractivity contribution is 5.87. The topological polar surface area (TPSA) is 66.2 Å². The zero-order valence-electron chi connectivity index (χ0n) is 12.5. The van der Waals surface area contributed by atoms with Crippen LogP contribution in [0.25, 0.3) is 10.9 Å². The summed E-state index contributed by atoms with van der Waals surface area (Å²) in [5, 5.41) is 7.09. The molecule has 1 unspecified atom stereocenters. The maximum absolute atomic E-state index is 11.7. The van der Waals surface area contributed by atoms with Crippen LogP contribution < -0.4 is 15.4 Å². The molecule has 1 aliphatic carbocycles. The van der Waals surface area contributed by atoms with E-state index < -0.39 is 0 Å². The van der Waals surface area contributed by atoms with Gasteiger partial charge in [-0.05, 0) is 36.6 Å². The Hall–Kier alpha value is -2.17. The van der Waals surface area contributed by atoms with Gasteiger partial charge in [-0.1, -0.05) is 6.92 Å². The molecule has 0 radical (unpaired) electrons. The number of benzene rings is 1. The molecule has 21 heavy (non-hydrogen) atoms. The van der Waals surface area contributed by atoms with E-state index in [0.29, 0.717) is 6.54 Å². The Morgan fingerprint density at radius 3 is 3.05 bits per heavy atom. The molecular formula is C16H21N3O2. The number of hydrogen-bond donors (Lipinski definition) is 3. The van der Waals surface area contributed by atoms with E-state index in [-0.39, 0.29) is 12.1 Å². The second kappa shape index (κ2) is 5.68. The zero-order chi connectivity index (χ0) is 14.8. The molecule has 5 nitrogen and oxygen atoms in total. The van der Waals surface area contributed by atoms with Crippen LogP contribution in [-0.2, 0) is 12.8 Å². The van der Waals surface area contributed by atoms with Crippen LogP contribution in [0.3, 0.4) is 0 Å². The molecule has 1 aromatic heterocycles. The lowest BCUT2D eigenvalue weighted by molar-refractivity contribution is 0.237. The molecule has 1 heterocycles. The molecule has 0 saturated heterocycles. The van der Waals surface area contributed by atoms with Crippen molar-refractivity contribution in [1.82, 2.24) is 15.6 Å². The van der Waals surface area contributed by atoms with Crippen LogP contribution in [0.4, 0.5) is 4.79 Å².